The number of halogens is 2. The van der Waals surface area contributed by atoms with Gasteiger partial charge in [0.25, 0.3) is 5.91 Å². The number of rotatable bonds is 7. The van der Waals surface area contributed by atoms with Crippen molar-refractivity contribution in [1.29, 1.82) is 0 Å². The van der Waals surface area contributed by atoms with Crippen LogP contribution in [0.15, 0.2) is 18.2 Å². The summed E-state index contributed by atoms with van der Waals surface area (Å²) in [7, 11) is 0. The predicted molar refractivity (Wildman–Crippen MR) is 88.2 cm³/mol. The van der Waals surface area contributed by atoms with E-state index in [9.17, 15) is 33.3 Å². The Morgan fingerprint density at radius 3 is 2.74 bits per heavy atom. The minimum absolute atomic E-state index is 0.149. The van der Waals surface area contributed by atoms with Crippen molar-refractivity contribution >= 4 is 23.3 Å². The van der Waals surface area contributed by atoms with E-state index in [0.29, 0.717) is 0 Å². The molecule has 10 heteroatoms. The van der Waals surface area contributed by atoms with Crippen molar-refractivity contribution < 1.29 is 32.8 Å². The molecule has 0 aromatic heterocycles. The van der Waals surface area contributed by atoms with Gasteiger partial charge in [0.05, 0.1) is 12.1 Å². The lowest BCUT2D eigenvalue weighted by molar-refractivity contribution is -0.490. The van der Waals surface area contributed by atoms with Crippen LogP contribution in [0.25, 0.3) is 0 Å². The van der Waals surface area contributed by atoms with Gasteiger partial charge in [0.2, 0.25) is 6.54 Å². The fourth-order valence-corrected chi connectivity index (χ4v) is 3.16. The summed E-state index contributed by atoms with van der Waals surface area (Å²) in [4.78, 5) is 45.8. The van der Waals surface area contributed by atoms with Gasteiger partial charge in [-0.3, -0.25) is 24.5 Å². The molecule has 1 aliphatic rings. The van der Waals surface area contributed by atoms with Crippen molar-refractivity contribution in [1.82, 2.24) is 0 Å². The molecule has 1 fully saturated rings. The number of carbonyl (C=O) groups is 3. The van der Waals surface area contributed by atoms with Crippen LogP contribution in [0.2, 0.25) is 0 Å². The third-order valence-electron chi connectivity index (χ3n) is 4.50. The van der Waals surface area contributed by atoms with Gasteiger partial charge in [0, 0.05) is 29.2 Å². The summed E-state index contributed by atoms with van der Waals surface area (Å²) in [5, 5.41) is 12.8. The molecule has 1 N–H and O–H groups in total. The molecule has 0 bridgehead atoms. The molecule has 1 aliphatic carbocycles. The highest BCUT2D eigenvalue weighted by Crippen LogP contribution is 2.36. The van der Waals surface area contributed by atoms with Gasteiger partial charge in [-0.2, -0.15) is 0 Å². The van der Waals surface area contributed by atoms with E-state index < -0.39 is 59.1 Å². The van der Waals surface area contributed by atoms with E-state index in [1.54, 1.807) is 6.92 Å². The van der Waals surface area contributed by atoms with Crippen LogP contribution in [0, 0.1) is 39.5 Å². The van der Waals surface area contributed by atoms with E-state index in [1.807, 2.05) is 0 Å². The number of anilines is 1. The molecule has 0 aliphatic heterocycles. The van der Waals surface area contributed by atoms with Crippen LogP contribution in [0.5, 0.6) is 0 Å². The van der Waals surface area contributed by atoms with Gasteiger partial charge in [-0.1, -0.05) is 6.92 Å². The van der Waals surface area contributed by atoms with E-state index in [2.05, 4.69) is 5.32 Å². The van der Waals surface area contributed by atoms with Crippen molar-refractivity contribution in [3.8, 4) is 0 Å². The monoisotopic (exact) mass is 384 g/mol. The molecule has 1 aromatic rings. The first-order valence-corrected chi connectivity index (χ1v) is 8.22. The van der Waals surface area contributed by atoms with Crippen LogP contribution >= 0.6 is 0 Å². The molecular weight excluding hydrogens is 366 g/mol. The first-order valence-electron chi connectivity index (χ1n) is 8.22. The number of amides is 1. The maximum atomic E-state index is 13.4. The molecule has 2 rings (SSSR count). The van der Waals surface area contributed by atoms with Crippen molar-refractivity contribution in [2.75, 3.05) is 18.5 Å². The Morgan fingerprint density at radius 1 is 1.37 bits per heavy atom. The Morgan fingerprint density at radius 2 is 2.07 bits per heavy atom. The van der Waals surface area contributed by atoms with E-state index >= 15 is 0 Å². The van der Waals surface area contributed by atoms with E-state index in [1.165, 1.54) is 0 Å². The SMILES string of the molecule is C[C@@H]1CC(=O)[C@H](CC(=O)OCC(=O)Nc2cc(F)ccc2F)[C@@H]1C[N+](=O)[O-]. The molecule has 146 valence electrons. The van der Waals surface area contributed by atoms with Crippen LogP contribution < -0.4 is 5.32 Å². The van der Waals surface area contributed by atoms with Crippen LogP contribution in [-0.4, -0.2) is 35.7 Å². The first kappa shape index (κ1) is 20.4. The zero-order valence-electron chi connectivity index (χ0n) is 14.4. The maximum absolute atomic E-state index is 13.4. The Bertz CT molecular complexity index is 770. The largest absolute Gasteiger partial charge is 0.456 e. The number of esters is 1. The second kappa shape index (κ2) is 8.65. The first-order chi connectivity index (χ1) is 12.7. The number of nitrogens with zero attached hydrogens (tertiary/aromatic N) is 1. The molecule has 1 aromatic carbocycles. The highest BCUT2D eigenvalue weighted by Gasteiger charge is 2.44. The van der Waals surface area contributed by atoms with Gasteiger partial charge in [-0.15, -0.1) is 0 Å². The van der Waals surface area contributed by atoms with Gasteiger partial charge in [-0.25, -0.2) is 8.78 Å². The molecule has 8 nitrogen and oxygen atoms in total. The average Bonchev–Trinajstić information content (AvgIpc) is 2.83. The topological polar surface area (TPSA) is 116 Å². The Kier molecular flexibility index (Phi) is 6.54. The van der Waals surface area contributed by atoms with E-state index in [4.69, 9.17) is 4.74 Å². The highest BCUT2D eigenvalue weighted by atomic mass is 19.1. The van der Waals surface area contributed by atoms with Gasteiger partial charge >= 0.3 is 5.97 Å². The van der Waals surface area contributed by atoms with Crippen LogP contribution in [0.3, 0.4) is 0 Å². The highest BCUT2D eigenvalue weighted by molar-refractivity contribution is 5.93. The number of ketones is 1. The normalized spacial score (nSPS) is 21.7. The second-order valence-electron chi connectivity index (χ2n) is 6.47. The summed E-state index contributed by atoms with van der Waals surface area (Å²) in [6.45, 7) is 0.522. The third-order valence-corrected chi connectivity index (χ3v) is 4.50. The van der Waals surface area contributed by atoms with Crippen LogP contribution in [0.4, 0.5) is 14.5 Å². The second-order valence-corrected chi connectivity index (χ2v) is 6.47. The molecule has 0 saturated heterocycles. The lowest BCUT2D eigenvalue weighted by atomic mass is 9.88. The number of hydrogen-bond donors (Lipinski definition) is 1. The standard InChI is InChI=1S/C17H18F2N2O6/c1-9-4-15(22)11(12(9)7-21(25)26)6-17(24)27-8-16(23)20-14-5-10(18)2-3-13(14)19/h2-3,5,9,11-12H,4,6-8H2,1H3,(H,20,23)/t9-,11-,12-/m1/s1. The molecule has 0 unspecified atom stereocenters. The molecular formula is C17H18F2N2O6. The average molecular weight is 384 g/mol. The number of ether oxygens (including phenoxy) is 1. The summed E-state index contributed by atoms with van der Waals surface area (Å²) in [5.74, 6) is -5.25. The number of hydrogen-bond acceptors (Lipinski definition) is 6. The summed E-state index contributed by atoms with van der Waals surface area (Å²) < 4.78 is 31.3. The molecule has 27 heavy (non-hydrogen) atoms. The van der Waals surface area contributed by atoms with Crippen molar-refractivity contribution in [2.24, 2.45) is 17.8 Å². The molecule has 1 saturated carbocycles. The maximum Gasteiger partial charge on any atom is 0.307 e. The lowest BCUT2D eigenvalue weighted by Gasteiger charge is -2.17. The molecule has 1 amide bonds. The predicted octanol–water partition coefficient (Wildman–Crippen LogP) is 1.95. The summed E-state index contributed by atoms with van der Waals surface area (Å²) in [6.07, 6.45) is -0.223. The minimum atomic E-state index is -0.888. The van der Waals surface area contributed by atoms with E-state index in [0.717, 1.165) is 18.2 Å². The molecule has 3 atom stereocenters. The molecule has 0 spiro atoms. The van der Waals surface area contributed by atoms with Crippen LogP contribution in [0.1, 0.15) is 19.8 Å². The molecule has 0 heterocycles. The third kappa shape index (κ3) is 5.53. The summed E-state index contributed by atoms with van der Waals surface area (Å²) in [5.41, 5.74) is -0.401. The van der Waals surface area contributed by atoms with Crippen LogP contribution in [-0.2, 0) is 19.1 Å². The Hall–Kier alpha value is -2.91. The van der Waals surface area contributed by atoms with Gasteiger partial charge in [0.15, 0.2) is 6.61 Å². The van der Waals surface area contributed by atoms with Gasteiger partial charge in [0.1, 0.15) is 17.4 Å². The van der Waals surface area contributed by atoms with E-state index in [-0.39, 0.29) is 24.5 Å². The van der Waals surface area contributed by atoms with Gasteiger partial charge in [-0.05, 0) is 18.1 Å². The van der Waals surface area contributed by atoms with Crippen molar-refractivity contribution in [3.63, 3.8) is 0 Å². The molecule has 0 radical (unpaired) electrons. The summed E-state index contributed by atoms with van der Waals surface area (Å²) in [6, 6.07) is 2.49. The number of nitro groups is 1. The quantitative estimate of drug-likeness (QED) is 0.436. The lowest BCUT2D eigenvalue weighted by Crippen LogP contribution is -2.28. The summed E-state index contributed by atoms with van der Waals surface area (Å²) >= 11 is 0. The number of nitrogens with one attached hydrogen (secondary N) is 1. The van der Waals surface area contributed by atoms with Crippen molar-refractivity contribution in [3.05, 3.63) is 39.9 Å². The number of benzene rings is 1. The smallest absolute Gasteiger partial charge is 0.307 e. The fraction of sp³-hybridized carbons (Fsp3) is 0.471. The Labute approximate surface area is 153 Å². The number of carbonyl (C=O) groups excluding carboxylic acids is 3. The zero-order chi connectivity index (χ0) is 20.1. The Balaban J connectivity index is 1.87. The zero-order valence-corrected chi connectivity index (χ0v) is 14.4. The fourth-order valence-electron chi connectivity index (χ4n) is 3.16. The van der Waals surface area contributed by atoms with Gasteiger partial charge < -0.3 is 10.1 Å². The minimum Gasteiger partial charge on any atom is -0.456 e. The number of Topliss-reactive ketones (excluding diaryl/α,β-unsaturated/α-hetero) is 1. The van der Waals surface area contributed by atoms with Crippen molar-refractivity contribution in [2.45, 2.75) is 19.8 Å².